The van der Waals surface area contributed by atoms with E-state index in [1.54, 1.807) is 29.4 Å². The molecule has 0 saturated carbocycles. The number of carbonyl (C=O) groups excluding carboxylic acids is 1. The fourth-order valence-corrected chi connectivity index (χ4v) is 2.70. The minimum atomic E-state index is -0.754. The molecule has 1 aliphatic rings. The average molecular weight is 330 g/mol. The molecule has 1 aromatic heterocycles. The van der Waals surface area contributed by atoms with Gasteiger partial charge in [0.25, 0.3) is 5.69 Å². The molecule has 0 radical (unpaired) electrons. The summed E-state index contributed by atoms with van der Waals surface area (Å²) in [6, 6.07) is 6.28. The summed E-state index contributed by atoms with van der Waals surface area (Å²) in [7, 11) is 0. The molecule has 0 spiro atoms. The number of hydrogen-bond donors (Lipinski definition) is 1. The van der Waals surface area contributed by atoms with E-state index in [0.717, 1.165) is 12.5 Å². The third-order valence-corrected chi connectivity index (χ3v) is 3.89. The first-order valence-corrected chi connectivity index (χ1v) is 7.48. The number of nitro benzene ring substituents is 1. The number of carbonyl (C=O) groups is 1. The smallest absolute Gasteiger partial charge is 0.272 e. The van der Waals surface area contributed by atoms with Gasteiger partial charge in [0.05, 0.1) is 28.6 Å². The van der Waals surface area contributed by atoms with Crippen LogP contribution in [0.4, 0.5) is 21.5 Å². The first kappa shape index (κ1) is 15.9. The van der Waals surface area contributed by atoms with Crippen LogP contribution in [0.2, 0.25) is 0 Å². The van der Waals surface area contributed by atoms with Gasteiger partial charge in [0.15, 0.2) is 5.82 Å². The van der Waals surface area contributed by atoms with E-state index in [-0.39, 0.29) is 17.3 Å². The van der Waals surface area contributed by atoms with Gasteiger partial charge >= 0.3 is 0 Å². The van der Waals surface area contributed by atoms with Gasteiger partial charge < -0.3 is 10.2 Å². The maximum Gasteiger partial charge on any atom is 0.272 e. The molecule has 24 heavy (non-hydrogen) atoms. The number of rotatable bonds is 4. The highest BCUT2D eigenvalue weighted by molar-refractivity contribution is 5.99. The molecular formula is C16H15FN4O3. The zero-order valence-corrected chi connectivity index (χ0v) is 12.7. The number of pyridine rings is 1. The van der Waals surface area contributed by atoms with Crippen molar-refractivity contribution in [2.24, 2.45) is 0 Å². The fourth-order valence-electron chi connectivity index (χ4n) is 2.70. The molecular weight excluding hydrogens is 315 g/mol. The molecule has 0 bridgehead atoms. The van der Waals surface area contributed by atoms with Crippen LogP contribution in [-0.2, 0) is 4.79 Å². The summed E-state index contributed by atoms with van der Waals surface area (Å²) in [4.78, 5) is 28.2. The Kier molecular flexibility index (Phi) is 4.37. The van der Waals surface area contributed by atoms with Crippen molar-refractivity contribution in [2.75, 3.05) is 16.8 Å². The first-order chi connectivity index (χ1) is 11.6. The minimum absolute atomic E-state index is 0.0759. The van der Waals surface area contributed by atoms with Crippen molar-refractivity contribution in [3.8, 4) is 0 Å². The fraction of sp³-hybridized carbons (Fsp3) is 0.250. The second-order valence-corrected chi connectivity index (χ2v) is 5.46. The number of nitrogens with one attached hydrogen (secondary N) is 1. The molecule has 1 fully saturated rings. The number of nitro groups is 1. The van der Waals surface area contributed by atoms with Gasteiger partial charge in [-0.15, -0.1) is 0 Å². The summed E-state index contributed by atoms with van der Waals surface area (Å²) in [5.74, 6) is -0.928. The van der Waals surface area contributed by atoms with Crippen LogP contribution < -0.4 is 10.2 Å². The molecule has 7 nitrogen and oxygen atoms in total. The van der Waals surface area contributed by atoms with Gasteiger partial charge in [-0.1, -0.05) is 0 Å². The Hall–Kier alpha value is -3.03. The average Bonchev–Trinajstić information content (AvgIpc) is 2.59. The molecule has 124 valence electrons. The highest BCUT2D eigenvalue weighted by Crippen LogP contribution is 2.25. The number of amides is 1. The van der Waals surface area contributed by atoms with E-state index in [4.69, 9.17) is 0 Å². The SMILES string of the molecule is O=C1[C@@H](Nc2ccc([N+](=O)[O-])cc2F)CCCN1c1cccnc1. The van der Waals surface area contributed by atoms with Crippen molar-refractivity contribution in [3.63, 3.8) is 0 Å². The van der Waals surface area contributed by atoms with Crippen LogP contribution in [0.3, 0.4) is 0 Å². The molecule has 1 aliphatic heterocycles. The maximum atomic E-state index is 14.0. The van der Waals surface area contributed by atoms with E-state index in [9.17, 15) is 19.3 Å². The largest absolute Gasteiger partial charge is 0.371 e. The molecule has 2 heterocycles. The van der Waals surface area contributed by atoms with E-state index in [2.05, 4.69) is 10.3 Å². The van der Waals surface area contributed by atoms with Gasteiger partial charge in [-0.2, -0.15) is 0 Å². The highest BCUT2D eigenvalue weighted by atomic mass is 19.1. The normalized spacial score (nSPS) is 17.6. The third kappa shape index (κ3) is 3.17. The number of piperidine rings is 1. The number of nitrogens with zero attached hydrogens (tertiary/aromatic N) is 3. The van der Waals surface area contributed by atoms with Crippen LogP contribution in [-0.4, -0.2) is 28.4 Å². The molecule has 0 unspecified atom stereocenters. The van der Waals surface area contributed by atoms with Crippen molar-refractivity contribution < 1.29 is 14.1 Å². The molecule has 1 atom stereocenters. The lowest BCUT2D eigenvalue weighted by Gasteiger charge is -2.33. The van der Waals surface area contributed by atoms with Crippen molar-refractivity contribution >= 4 is 23.0 Å². The van der Waals surface area contributed by atoms with Crippen molar-refractivity contribution in [2.45, 2.75) is 18.9 Å². The lowest BCUT2D eigenvalue weighted by atomic mass is 10.0. The first-order valence-electron chi connectivity index (χ1n) is 7.48. The number of benzene rings is 1. The Morgan fingerprint density at radius 1 is 1.38 bits per heavy atom. The van der Waals surface area contributed by atoms with E-state index < -0.39 is 16.8 Å². The quantitative estimate of drug-likeness (QED) is 0.688. The lowest BCUT2D eigenvalue weighted by Crippen LogP contribution is -2.47. The van der Waals surface area contributed by atoms with Gasteiger partial charge in [-0.25, -0.2) is 4.39 Å². The predicted molar refractivity (Wildman–Crippen MR) is 86.3 cm³/mol. The Balaban J connectivity index is 1.78. The Morgan fingerprint density at radius 3 is 2.88 bits per heavy atom. The van der Waals surface area contributed by atoms with Crippen LogP contribution in [0.1, 0.15) is 12.8 Å². The van der Waals surface area contributed by atoms with E-state index in [1.807, 2.05) is 0 Å². The molecule has 2 aromatic rings. The third-order valence-electron chi connectivity index (χ3n) is 3.89. The second kappa shape index (κ2) is 6.61. The summed E-state index contributed by atoms with van der Waals surface area (Å²) in [5.41, 5.74) is 0.440. The molecule has 1 amide bonds. The Morgan fingerprint density at radius 2 is 2.21 bits per heavy atom. The maximum absolute atomic E-state index is 14.0. The zero-order chi connectivity index (χ0) is 17.1. The predicted octanol–water partition coefficient (Wildman–Crippen LogP) is 2.74. The molecule has 8 heteroatoms. The molecule has 3 rings (SSSR count). The van der Waals surface area contributed by atoms with Crippen LogP contribution in [0.5, 0.6) is 0 Å². The van der Waals surface area contributed by atoms with Crippen molar-refractivity contribution in [3.05, 3.63) is 58.7 Å². The number of non-ortho nitro benzene ring substituents is 1. The summed E-state index contributed by atoms with van der Waals surface area (Å²) < 4.78 is 14.0. The molecule has 0 aliphatic carbocycles. The van der Waals surface area contributed by atoms with Crippen LogP contribution in [0.15, 0.2) is 42.7 Å². The van der Waals surface area contributed by atoms with E-state index >= 15 is 0 Å². The summed E-state index contributed by atoms with van der Waals surface area (Å²) >= 11 is 0. The second-order valence-electron chi connectivity index (χ2n) is 5.46. The van der Waals surface area contributed by atoms with E-state index in [0.29, 0.717) is 18.7 Å². The Labute approximate surface area is 137 Å². The highest BCUT2D eigenvalue weighted by Gasteiger charge is 2.30. The Bertz CT molecular complexity index is 769. The van der Waals surface area contributed by atoms with Crippen LogP contribution in [0, 0.1) is 15.9 Å². The molecule has 1 saturated heterocycles. The zero-order valence-electron chi connectivity index (χ0n) is 12.7. The van der Waals surface area contributed by atoms with Crippen LogP contribution in [0.25, 0.3) is 0 Å². The van der Waals surface area contributed by atoms with Crippen molar-refractivity contribution in [1.82, 2.24) is 4.98 Å². The number of anilines is 2. The summed E-state index contributed by atoms with van der Waals surface area (Å²) in [6.07, 6.45) is 4.55. The number of hydrogen-bond acceptors (Lipinski definition) is 5. The van der Waals surface area contributed by atoms with Gasteiger partial charge in [0.1, 0.15) is 6.04 Å². The van der Waals surface area contributed by atoms with E-state index in [1.165, 1.54) is 12.1 Å². The number of aromatic nitrogens is 1. The van der Waals surface area contributed by atoms with Gasteiger partial charge in [-0.05, 0) is 31.0 Å². The number of halogens is 1. The standard InChI is InChI=1S/C16H15FN4O3/c17-13-9-11(21(23)24)5-6-14(13)19-15-4-2-8-20(16(15)22)12-3-1-7-18-10-12/h1,3,5-7,9-10,15,19H,2,4,8H2/t15-/m0/s1. The monoisotopic (exact) mass is 330 g/mol. The van der Waals surface area contributed by atoms with Gasteiger partial charge in [0.2, 0.25) is 5.91 Å². The van der Waals surface area contributed by atoms with Gasteiger partial charge in [-0.3, -0.25) is 19.9 Å². The summed E-state index contributed by atoms with van der Waals surface area (Å²) in [5, 5.41) is 13.5. The minimum Gasteiger partial charge on any atom is -0.371 e. The molecule has 1 N–H and O–H groups in total. The van der Waals surface area contributed by atoms with Crippen LogP contribution >= 0.6 is 0 Å². The van der Waals surface area contributed by atoms with Crippen molar-refractivity contribution in [1.29, 1.82) is 0 Å². The summed E-state index contributed by atoms with van der Waals surface area (Å²) in [6.45, 7) is 0.575. The lowest BCUT2D eigenvalue weighted by molar-refractivity contribution is -0.385. The molecule has 1 aromatic carbocycles. The van der Waals surface area contributed by atoms with Gasteiger partial charge in [0, 0.05) is 18.8 Å². The topological polar surface area (TPSA) is 88.4 Å².